The summed E-state index contributed by atoms with van der Waals surface area (Å²) in [6.45, 7) is 4.09. The van der Waals surface area contributed by atoms with Gasteiger partial charge in [-0.3, -0.25) is 0 Å². The fourth-order valence-corrected chi connectivity index (χ4v) is 2.13. The molecule has 0 bridgehead atoms. The van der Waals surface area contributed by atoms with Crippen molar-refractivity contribution in [2.24, 2.45) is 5.92 Å². The van der Waals surface area contributed by atoms with Gasteiger partial charge in [-0.05, 0) is 18.4 Å². The zero-order valence-corrected chi connectivity index (χ0v) is 10.7. The highest BCUT2D eigenvalue weighted by Gasteiger charge is 2.20. The summed E-state index contributed by atoms with van der Waals surface area (Å²) in [5.74, 6) is -0.417. The van der Waals surface area contributed by atoms with Crippen LogP contribution in [0.25, 0.3) is 10.9 Å². The molecule has 0 unspecified atom stereocenters. The van der Waals surface area contributed by atoms with Gasteiger partial charge in [-0.2, -0.15) is 0 Å². The van der Waals surface area contributed by atoms with E-state index in [-0.39, 0.29) is 5.82 Å². The number of hydrogen-bond donors (Lipinski definition) is 1. The van der Waals surface area contributed by atoms with Crippen LogP contribution in [0.5, 0.6) is 0 Å². The molecule has 2 aromatic rings. The van der Waals surface area contributed by atoms with E-state index in [1.165, 1.54) is 13.2 Å². The largest absolute Gasteiger partial charge is 0.465 e. The number of carbonyl (C=O) groups is 1. The third-order valence-electron chi connectivity index (χ3n) is 2.86. The summed E-state index contributed by atoms with van der Waals surface area (Å²) in [6.07, 6.45) is 0.679. The highest BCUT2D eigenvalue weighted by atomic mass is 19.1. The molecule has 0 aliphatic carbocycles. The van der Waals surface area contributed by atoms with E-state index in [1.807, 2.05) is 13.8 Å². The molecular formula is C14H16FNO2. The number of aromatic nitrogens is 1. The first-order chi connectivity index (χ1) is 8.54. The smallest absolute Gasteiger partial charge is 0.340 e. The van der Waals surface area contributed by atoms with Gasteiger partial charge in [0.15, 0.2) is 0 Å². The van der Waals surface area contributed by atoms with E-state index in [0.717, 1.165) is 5.69 Å². The highest BCUT2D eigenvalue weighted by Crippen LogP contribution is 2.26. The SMILES string of the molecule is COC(=O)c1c(CC(C)C)[nH]c2c(F)cccc12. The molecule has 0 saturated heterocycles. The molecule has 18 heavy (non-hydrogen) atoms. The van der Waals surface area contributed by atoms with Crippen LogP contribution in [0.15, 0.2) is 18.2 Å². The summed E-state index contributed by atoms with van der Waals surface area (Å²) < 4.78 is 18.5. The molecule has 1 N–H and O–H groups in total. The van der Waals surface area contributed by atoms with Crippen molar-refractivity contribution in [2.45, 2.75) is 20.3 Å². The maximum absolute atomic E-state index is 13.7. The third-order valence-corrected chi connectivity index (χ3v) is 2.86. The van der Waals surface area contributed by atoms with Crippen molar-refractivity contribution in [3.8, 4) is 0 Å². The van der Waals surface area contributed by atoms with Crippen LogP contribution in [0.4, 0.5) is 4.39 Å². The van der Waals surface area contributed by atoms with Gasteiger partial charge in [0.05, 0.1) is 18.2 Å². The van der Waals surface area contributed by atoms with Gasteiger partial charge in [-0.15, -0.1) is 0 Å². The lowest BCUT2D eigenvalue weighted by molar-refractivity contribution is 0.0601. The number of rotatable bonds is 3. The maximum Gasteiger partial charge on any atom is 0.340 e. The van der Waals surface area contributed by atoms with Gasteiger partial charge in [0.25, 0.3) is 0 Å². The van der Waals surface area contributed by atoms with Gasteiger partial charge < -0.3 is 9.72 Å². The Morgan fingerprint density at radius 1 is 1.44 bits per heavy atom. The molecule has 0 amide bonds. The number of carbonyl (C=O) groups excluding carboxylic acids is 1. The van der Waals surface area contributed by atoms with E-state index in [2.05, 4.69) is 4.98 Å². The Balaban J connectivity index is 2.68. The summed E-state index contributed by atoms with van der Waals surface area (Å²) in [6, 6.07) is 4.70. The minimum atomic E-state index is -0.428. The van der Waals surface area contributed by atoms with Gasteiger partial charge in [0.1, 0.15) is 5.82 Å². The number of esters is 1. The molecule has 1 aromatic carbocycles. The summed E-state index contributed by atoms with van der Waals surface area (Å²) in [4.78, 5) is 14.8. The number of hydrogen-bond acceptors (Lipinski definition) is 2. The second-order valence-electron chi connectivity index (χ2n) is 4.73. The van der Waals surface area contributed by atoms with Crippen LogP contribution in [0.3, 0.4) is 0 Å². The van der Waals surface area contributed by atoms with Crippen LogP contribution in [0, 0.1) is 11.7 Å². The first kappa shape index (κ1) is 12.6. The fourth-order valence-electron chi connectivity index (χ4n) is 2.13. The van der Waals surface area contributed by atoms with Crippen LogP contribution in [0.2, 0.25) is 0 Å². The molecular weight excluding hydrogens is 233 g/mol. The molecule has 0 atom stereocenters. The number of aromatic amines is 1. The van der Waals surface area contributed by atoms with Crippen LogP contribution >= 0.6 is 0 Å². The number of methoxy groups -OCH3 is 1. The van der Waals surface area contributed by atoms with Gasteiger partial charge >= 0.3 is 5.97 Å². The van der Waals surface area contributed by atoms with E-state index >= 15 is 0 Å². The van der Waals surface area contributed by atoms with Gasteiger partial charge in [0, 0.05) is 11.1 Å². The van der Waals surface area contributed by atoms with Crippen molar-refractivity contribution in [1.29, 1.82) is 0 Å². The number of nitrogens with one attached hydrogen (secondary N) is 1. The van der Waals surface area contributed by atoms with Gasteiger partial charge in [0.2, 0.25) is 0 Å². The molecule has 3 nitrogen and oxygen atoms in total. The van der Waals surface area contributed by atoms with Crippen LogP contribution < -0.4 is 0 Å². The lowest BCUT2D eigenvalue weighted by Gasteiger charge is -2.05. The maximum atomic E-state index is 13.7. The third kappa shape index (κ3) is 2.10. The molecule has 1 heterocycles. The number of halogens is 1. The lowest BCUT2D eigenvalue weighted by atomic mass is 10.0. The first-order valence-corrected chi connectivity index (χ1v) is 5.92. The minimum Gasteiger partial charge on any atom is -0.465 e. The zero-order chi connectivity index (χ0) is 13.3. The Morgan fingerprint density at radius 2 is 2.17 bits per heavy atom. The first-order valence-electron chi connectivity index (χ1n) is 5.92. The fraction of sp³-hybridized carbons (Fsp3) is 0.357. The Hall–Kier alpha value is -1.84. The number of para-hydroxylation sites is 1. The second-order valence-corrected chi connectivity index (χ2v) is 4.73. The van der Waals surface area contributed by atoms with E-state index < -0.39 is 5.97 Å². The molecule has 0 saturated carbocycles. The van der Waals surface area contributed by atoms with Crippen molar-refractivity contribution in [3.05, 3.63) is 35.3 Å². The number of ether oxygens (including phenoxy) is 1. The molecule has 0 aliphatic heterocycles. The molecule has 0 radical (unpaired) electrons. The van der Waals surface area contributed by atoms with E-state index in [9.17, 15) is 9.18 Å². The highest BCUT2D eigenvalue weighted by molar-refractivity contribution is 6.05. The minimum absolute atomic E-state index is 0.354. The Bertz CT molecular complexity index is 587. The van der Waals surface area contributed by atoms with E-state index in [4.69, 9.17) is 4.74 Å². The van der Waals surface area contributed by atoms with E-state index in [1.54, 1.807) is 12.1 Å². The van der Waals surface area contributed by atoms with Crippen molar-refractivity contribution in [1.82, 2.24) is 4.98 Å². The van der Waals surface area contributed by atoms with Crippen LogP contribution in [-0.4, -0.2) is 18.1 Å². The van der Waals surface area contributed by atoms with Gasteiger partial charge in [-0.1, -0.05) is 26.0 Å². The number of H-pyrrole nitrogens is 1. The summed E-state index contributed by atoms with van der Waals surface area (Å²) in [5.41, 5.74) is 1.55. The number of benzene rings is 1. The Labute approximate surface area is 105 Å². The normalized spacial score (nSPS) is 11.2. The molecule has 96 valence electrons. The molecule has 4 heteroatoms. The van der Waals surface area contributed by atoms with Crippen molar-refractivity contribution in [3.63, 3.8) is 0 Å². The average Bonchev–Trinajstić information content (AvgIpc) is 2.67. The van der Waals surface area contributed by atoms with Crippen LogP contribution in [0.1, 0.15) is 29.9 Å². The zero-order valence-electron chi connectivity index (χ0n) is 10.7. The molecule has 0 aliphatic rings. The predicted molar refractivity (Wildman–Crippen MR) is 68.1 cm³/mol. The summed E-state index contributed by atoms with van der Waals surface area (Å²) in [7, 11) is 1.33. The topological polar surface area (TPSA) is 42.1 Å². The van der Waals surface area contributed by atoms with E-state index in [0.29, 0.717) is 28.8 Å². The van der Waals surface area contributed by atoms with Crippen LogP contribution in [-0.2, 0) is 11.2 Å². The Kier molecular flexibility index (Phi) is 3.36. The van der Waals surface area contributed by atoms with Gasteiger partial charge in [-0.25, -0.2) is 9.18 Å². The molecule has 0 spiro atoms. The predicted octanol–water partition coefficient (Wildman–Crippen LogP) is 3.29. The van der Waals surface area contributed by atoms with Crippen molar-refractivity contribution >= 4 is 16.9 Å². The second kappa shape index (κ2) is 4.80. The number of fused-ring (bicyclic) bond motifs is 1. The standard InChI is InChI=1S/C14H16FNO2/c1-8(2)7-11-12(14(17)18-3)9-5-4-6-10(15)13(9)16-11/h4-6,8,16H,7H2,1-3H3. The Morgan fingerprint density at radius 3 is 2.78 bits per heavy atom. The lowest BCUT2D eigenvalue weighted by Crippen LogP contribution is -2.06. The van der Waals surface area contributed by atoms with Crippen molar-refractivity contribution < 1.29 is 13.9 Å². The average molecular weight is 249 g/mol. The monoisotopic (exact) mass is 249 g/mol. The van der Waals surface area contributed by atoms with Crippen molar-refractivity contribution in [2.75, 3.05) is 7.11 Å². The summed E-state index contributed by atoms with van der Waals surface area (Å²) in [5, 5.41) is 0.581. The molecule has 0 fully saturated rings. The quantitative estimate of drug-likeness (QED) is 0.848. The molecule has 2 rings (SSSR count). The molecule has 1 aromatic heterocycles. The summed E-state index contributed by atoms with van der Waals surface area (Å²) >= 11 is 0.